The van der Waals surface area contributed by atoms with Crippen molar-refractivity contribution in [2.45, 2.75) is 0 Å². The van der Waals surface area contributed by atoms with E-state index in [2.05, 4.69) is 69.8 Å². The Hall–Kier alpha value is -6.50. The Morgan fingerprint density at radius 2 is 0.870 bits per heavy atom. The largest absolute Gasteiger partial charge is 0.497 e. The van der Waals surface area contributed by atoms with Gasteiger partial charge in [-0.1, -0.05) is 36.4 Å². The van der Waals surface area contributed by atoms with Crippen LogP contribution in [-0.2, 0) is 0 Å². The smallest absolute Gasteiger partial charge is 0.119 e. The first kappa shape index (κ1) is 27.1. The van der Waals surface area contributed by atoms with Crippen molar-refractivity contribution in [2.75, 3.05) is 14.2 Å². The number of aromatic nitrogens is 2. The number of hydrogen-bond acceptors (Lipinski definition) is 4. The third kappa shape index (κ3) is 4.02. The minimum atomic E-state index is 0.492. The van der Waals surface area contributed by atoms with Gasteiger partial charge in [0, 0.05) is 44.0 Å². The van der Waals surface area contributed by atoms with Gasteiger partial charge >= 0.3 is 0 Å². The number of methoxy groups -OCH3 is 2. The highest BCUT2D eigenvalue weighted by Gasteiger charge is 2.19. The zero-order valence-electron chi connectivity index (χ0n) is 25.2. The lowest BCUT2D eigenvalue weighted by atomic mass is 9.95. The molecule has 6 nitrogen and oxygen atoms in total. The molecule has 0 atom stereocenters. The normalized spacial score (nSPS) is 11.2. The molecule has 6 heteroatoms. The van der Waals surface area contributed by atoms with Crippen LogP contribution in [0.15, 0.2) is 121 Å². The highest BCUT2D eigenvalue weighted by Crippen LogP contribution is 2.39. The summed E-state index contributed by atoms with van der Waals surface area (Å²) in [5, 5.41) is 24.9. The van der Waals surface area contributed by atoms with E-state index in [1.807, 2.05) is 72.8 Å². The van der Waals surface area contributed by atoms with E-state index in [0.717, 1.165) is 66.5 Å². The van der Waals surface area contributed by atoms with Crippen LogP contribution in [0.3, 0.4) is 0 Å². The summed E-state index contributed by atoms with van der Waals surface area (Å²) < 4.78 is 15.5. The highest BCUT2D eigenvalue weighted by molar-refractivity contribution is 6.11. The second-order valence-corrected chi connectivity index (χ2v) is 11.2. The Morgan fingerprint density at radius 3 is 1.28 bits per heavy atom. The number of benzene rings is 6. The SMILES string of the molecule is COc1ccc2c(c1)c1ccccc1n2-c1ccc(C#N)c(-c2cc(-n3c4ccccc4c4cc(OC)ccc43)ccc2C#N)c1. The molecule has 0 unspecified atom stereocenters. The lowest BCUT2D eigenvalue weighted by Gasteiger charge is -2.15. The summed E-state index contributed by atoms with van der Waals surface area (Å²) in [5.74, 6) is 1.57. The molecule has 0 aliphatic rings. The van der Waals surface area contributed by atoms with Crippen LogP contribution in [0.25, 0.3) is 66.1 Å². The number of ether oxygens (including phenoxy) is 2. The van der Waals surface area contributed by atoms with Crippen molar-refractivity contribution in [3.8, 4) is 46.1 Å². The second-order valence-electron chi connectivity index (χ2n) is 11.2. The van der Waals surface area contributed by atoms with Gasteiger partial charge < -0.3 is 18.6 Å². The van der Waals surface area contributed by atoms with Crippen LogP contribution >= 0.6 is 0 Å². The van der Waals surface area contributed by atoms with E-state index in [4.69, 9.17) is 9.47 Å². The molecule has 0 radical (unpaired) electrons. The minimum Gasteiger partial charge on any atom is -0.497 e. The van der Waals surface area contributed by atoms with E-state index in [0.29, 0.717) is 22.3 Å². The van der Waals surface area contributed by atoms with Gasteiger partial charge in [0.05, 0.1) is 59.6 Å². The number of hydrogen-bond donors (Lipinski definition) is 0. The summed E-state index contributed by atoms with van der Waals surface area (Å²) in [4.78, 5) is 0. The standard InChI is InChI=1S/C40H26N4O2/c1-45-29-15-17-39-35(21-29)31-7-3-5-9-37(31)43(39)27-13-11-25(23-41)33(19-27)34-20-28(14-12-26(34)24-42)44-38-10-6-4-8-32(38)36-22-30(46-2)16-18-40(36)44/h3-22H,1-2H3. The number of nitriles is 2. The van der Waals surface area contributed by atoms with Gasteiger partial charge in [-0.2, -0.15) is 10.5 Å². The first-order chi connectivity index (χ1) is 22.6. The Balaban J connectivity index is 1.38. The molecule has 0 N–H and O–H groups in total. The van der Waals surface area contributed by atoms with Crippen molar-refractivity contribution in [3.05, 3.63) is 132 Å². The van der Waals surface area contributed by atoms with Crippen molar-refractivity contribution >= 4 is 43.6 Å². The molecule has 0 aliphatic heterocycles. The maximum Gasteiger partial charge on any atom is 0.119 e. The fraction of sp³-hybridized carbons (Fsp3) is 0.0500. The zero-order valence-corrected chi connectivity index (χ0v) is 25.2. The fourth-order valence-corrected chi connectivity index (χ4v) is 6.70. The number of para-hydroxylation sites is 2. The molecule has 0 saturated heterocycles. The molecule has 218 valence electrons. The minimum absolute atomic E-state index is 0.492. The van der Waals surface area contributed by atoms with Gasteiger partial charge in [0.1, 0.15) is 11.5 Å². The first-order valence-electron chi connectivity index (χ1n) is 14.9. The molecule has 6 aromatic carbocycles. The van der Waals surface area contributed by atoms with Gasteiger partial charge in [-0.15, -0.1) is 0 Å². The molecule has 0 fully saturated rings. The van der Waals surface area contributed by atoms with E-state index in [9.17, 15) is 10.5 Å². The van der Waals surface area contributed by atoms with Crippen LogP contribution in [-0.4, -0.2) is 23.4 Å². The van der Waals surface area contributed by atoms with Crippen molar-refractivity contribution in [1.29, 1.82) is 10.5 Å². The van der Waals surface area contributed by atoms with E-state index in [-0.39, 0.29) is 0 Å². The van der Waals surface area contributed by atoms with Crippen molar-refractivity contribution in [1.82, 2.24) is 9.13 Å². The Bertz CT molecular complexity index is 2410. The second kappa shape index (κ2) is 10.6. The van der Waals surface area contributed by atoms with E-state index in [1.165, 1.54) is 0 Å². The number of rotatable bonds is 5. The Morgan fingerprint density at radius 1 is 0.457 bits per heavy atom. The third-order valence-electron chi connectivity index (χ3n) is 8.81. The van der Waals surface area contributed by atoms with Crippen molar-refractivity contribution in [3.63, 3.8) is 0 Å². The van der Waals surface area contributed by atoms with Gasteiger partial charge in [0.25, 0.3) is 0 Å². The average molecular weight is 595 g/mol. The molecular formula is C40H26N4O2. The molecule has 0 bridgehead atoms. The molecule has 46 heavy (non-hydrogen) atoms. The maximum atomic E-state index is 10.3. The van der Waals surface area contributed by atoms with Gasteiger partial charge in [-0.25, -0.2) is 0 Å². The lowest BCUT2D eigenvalue weighted by molar-refractivity contribution is 0.415. The Kier molecular flexibility index (Phi) is 6.23. The maximum absolute atomic E-state index is 10.3. The molecule has 0 aliphatic carbocycles. The summed E-state index contributed by atoms with van der Waals surface area (Å²) in [7, 11) is 3.34. The van der Waals surface area contributed by atoms with Crippen LogP contribution < -0.4 is 9.47 Å². The lowest BCUT2D eigenvalue weighted by Crippen LogP contribution is -1.99. The molecular weight excluding hydrogens is 568 g/mol. The van der Waals surface area contributed by atoms with Gasteiger partial charge in [-0.3, -0.25) is 0 Å². The highest BCUT2D eigenvalue weighted by atomic mass is 16.5. The molecule has 0 spiro atoms. The van der Waals surface area contributed by atoms with E-state index in [1.54, 1.807) is 14.2 Å². The average Bonchev–Trinajstić information content (AvgIpc) is 3.63. The van der Waals surface area contributed by atoms with Crippen LogP contribution in [0, 0.1) is 22.7 Å². The summed E-state index contributed by atoms with van der Waals surface area (Å²) in [5.41, 5.74) is 8.28. The zero-order chi connectivity index (χ0) is 31.4. The van der Waals surface area contributed by atoms with Crippen LogP contribution in [0.5, 0.6) is 11.5 Å². The number of fused-ring (bicyclic) bond motifs is 6. The quantitative estimate of drug-likeness (QED) is 0.199. The fourth-order valence-electron chi connectivity index (χ4n) is 6.70. The van der Waals surface area contributed by atoms with Crippen molar-refractivity contribution in [2.24, 2.45) is 0 Å². The van der Waals surface area contributed by atoms with Gasteiger partial charge in [0.2, 0.25) is 0 Å². The first-order valence-corrected chi connectivity index (χ1v) is 14.9. The monoisotopic (exact) mass is 594 g/mol. The van der Waals surface area contributed by atoms with Gasteiger partial charge in [-0.05, 0) is 84.9 Å². The van der Waals surface area contributed by atoms with Crippen LogP contribution in [0.2, 0.25) is 0 Å². The predicted octanol–water partition coefficient (Wildman–Crippen LogP) is 9.31. The van der Waals surface area contributed by atoms with Crippen molar-refractivity contribution < 1.29 is 9.47 Å². The van der Waals surface area contributed by atoms with Crippen LogP contribution in [0.1, 0.15) is 11.1 Å². The summed E-state index contributed by atoms with van der Waals surface area (Å²) >= 11 is 0. The molecule has 2 aromatic heterocycles. The molecule has 8 rings (SSSR count). The predicted molar refractivity (Wildman–Crippen MR) is 183 cm³/mol. The Labute approximate surface area is 265 Å². The summed E-state index contributed by atoms with van der Waals surface area (Å²) in [6.45, 7) is 0. The molecule has 0 saturated carbocycles. The van der Waals surface area contributed by atoms with E-state index < -0.39 is 0 Å². The van der Waals surface area contributed by atoms with Crippen LogP contribution in [0.4, 0.5) is 0 Å². The molecule has 8 aromatic rings. The summed E-state index contributed by atoms with van der Waals surface area (Å²) in [6.07, 6.45) is 0. The van der Waals surface area contributed by atoms with Gasteiger partial charge in [0.15, 0.2) is 0 Å². The topological polar surface area (TPSA) is 75.9 Å². The summed E-state index contributed by atoms with van der Waals surface area (Å²) in [6, 6.07) is 45.1. The van der Waals surface area contributed by atoms with E-state index >= 15 is 0 Å². The third-order valence-corrected chi connectivity index (χ3v) is 8.81. The molecule has 0 amide bonds. The molecule has 2 heterocycles. The number of nitrogens with zero attached hydrogens (tertiary/aromatic N) is 4.